The third kappa shape index (κ3) is 3.91. The second kappa shape index (κ2) is 7.25. The summed E-state index contributed by atoms with van der Waals surface area (Å²) >= 11 is 3.25. The monoisotopic (exact) mass is 432 g/mol. The third-order valence-electron chi connectivity index (χ3n) is 3.61. The fraction of sp³-hybridized carbons (Fsp3) is 0.0625. The van der Waals surface area contributed by atoms with E-state index in [-0.39, 0.29) is 4.90 Å². The van der Waals surface area contributed by atoms with Gasteiger partial charge in [0, 0.05) is 4.47 Å². The molecule has 3 rings (SSSR count). The van der Waals surface area contributed by atoms with Gasteiger partial charge in [0.15, 0.2) is 0 Å². The molecule has 0 saturated heterocycles. The predicted molar refractivity (Wildman–Crippen MR) is 98.3 cm³/mol. The first-order valence-corrected chi connectivity index (χ1v) is 9.66. The number of sulfonamides is 1. The highest BCUT2D eigenvalue weighted by Crippen LogP contribution is 2.25. The lowest BCUT2D eigenvalue weighted by Crippen LogP contribution is -2.28. The molecule has 0 radical (unpaired) electrons. The van der Waals surface area contributed by atoms with Crippen molar-refractivity contribution in [2.45, 2.75) is 11.4 Å². The SMILES string of the molecule is N#Cc1ccc(N(Cc2ccc(S(N)(=O)=O)c(Br)c2)n2cnnc2)cc1. The fourth-order valence-corrected chi connectivity index (χ4v) is 4.07. The topological polar surface area (TPSA) is 118 Å². The first-order valence-electron chi connectivity index (χ1n) is 7.32. The number of hydrogen-bond donors (Lipinski definition) is 1. The van der Waals surface area contributed by atoms with Gasteiger partial charge in [-0.1, -0.05) is 6.07 Å². The average Bonchev–Trinajstić information content (AvgIpc) is 3.13. The van der Waals surface area contributed by atoms with E-state index in [0.717, 1.165) is 11.3 Å². The van der Waals surface area contributed by atoms with Crippen molar-refractivity contribution in [2.24, 2.45) is 5.14 Å². The van der Waals surface area contributed by atoms with Gasteiger partial charge in [-0.05, 0) is 57.9 Å². The Bertz CT molecular complexity index is 1060. The van der Waals surface area contributed by atoms with Crippen LogP contribution in [-0.2, 0) is 16.6 Å². The second-order valence-corrected chi connectivity index (χ2v) is 7.75. The highest BCUT2D eigenvalue weighted by atomic mass is 79.9. The fourth-order valence-electron chi connectivity index (χ4n) is 2.38. The number of benzene rings is 2. The van der Waals surface area contributed by atoms with Crippen LogP contribution >= 0.6 is 15.9 Å². The molecule has 10 heteroatoms. The molecular weight excluding hydrogens is 420 g/mol. The van der Waals surface area contributed by atoms with E-state index in [0.29, 0.717) is 16.6 Å². The van der Waals surface area contributed by atoms with Crippen molar-refractivity contribution in [3.05, 3.63) is 70.7 Å². The number of rotatable bonds is 5. The lowest BCUT2D eigenvalue weighted by molar-refractivity contribution is 0.597. The highest BCUT2D eigenvalue weighted by Gasteiger charge is 2.15. The van der Waals surface area contributed by atoms with E-state index in [2.05, 4.69) is 32.2 Å². The molecule has 0 aliphatic rings. The minimum Gasteiger partial charge on any atom is -0.274 e. The normalized spacial score (nSPS) is 11.1. The molecule has 2 aromatic carbocycles. The first kappa shape index (κ1) is 18.1. The van der Waals surface area contributed by atoms with Crippen LogP contribution in [-0.4, -0.2) is 23.3 Å². The van der Waals surface area contributed by atoms with Crippen LogP contribution in [0.2, 0.25) is 0 Å². The molecule has 8 nitrogen and oxygen atoms in total. The molecule has 0 saturated carbocycles. The van der Waals surface area contributed by atoms with Gasteiger partial charge in [0.2, 0.25) is 10.0 Å². The summed E-state index contributed by atoms with van der Waals surface area (Å²) < 4.78 is 25.2. The number of nitrogens with zero attached hydrogens (tertiary/aromatic N) is 5. The summed E-state index contributed by atoms with van der Waals surface area (Å²) in [4.78, 5) is 0.0236. The molecule has 0 bridgehead atoms. The maximum Gasteiger partial charge on any atom is 0.239 e. The minimum atomic E-state index is -3.80. The molecule has 0 unspecified atom stereocenters. The number of hydrogen-bond acceptors (Lipinski definition) is 6. The Kier molecular flexibility index (Phi) is 5.03. The summed E-state index contributed by atoms with van der Waals surface area (Å²) in [7, 11) is -3.80. The highest BCUT2D eigenvalue weighted by molar-refractivity contribution is 9.10. The van der Waals surface area contributed by atoms with Gasteiger partial charge in [-0.2, -0.15) is 5.26 Å². The molecular formula is C16H13BrN6O2S. The number of nitriles is 1. The molecule has 0 fully saturated rings. The van der Waals surface area contributed by atoms with E-state index >= 15 is 0 Å². The summed E-state index contributed by atoms with van der Waals surface area (Å²) in [6.45, 7) is 0.410. The van der Waals surface area contributed by atoms with Gasteiger partial charge in [-0.3, -0.25) is 5.01 Å². The average molecular weight is 433 g/mol. The molecule has 26 heavy (non-hydrogen) atoms. The van der Waals surface area contributed by atoms with Crippen LogP contribution in [0.25, 0.3) is 0 Å². The van der Waals surface area contributed by atoms with Crippen molar-refractivity contribution in [1.82, 2.24) is 14.9 Å². The van der Waals surface area contributed by atoms with Gasteiger partial charge in [0.05, 0.1) is 28.8 Å². The van der Waals surface area contributed by atoms with E-state index < -0.39 is 10.0 Å². The van der Waals surface area contributed by atoms with E-state index in [1.54, 1.807) is 41.6 Å². The van der Waals surface area contributed by atoms with E-state index in [1.165, 1.54) is 6.07 Å². The van der Waals surface area contributed by atoms with Crippen molar-refractivity contribution in [2.75, 3.05) is 5.01 Å². The van der Waals surface area contributed by atoms with Gasteiger partial charge in [0.25, 0.3) is 0 Å². The molecule has 0 atom stereocenters. The van der Waals surface area contributed by atoms with Crippen LogP contribution in [0.5, 0.6) is 0 Å². The van der Waals surface area contributed by atoms with Crippen LogP contribution in [0.15, 0.2) is 64.5 Å². The zero-order valence-electron chi connectivity index (χ0n) is 13.3. The predicted octanol–water partition coefficient (Wildman–Crippen LogP) is 2.03. The van der Waals surface area contributed by atoms with Crippen molar-refractivity contribution in [1.29, 1.82) is 5.26 Å². The Morgan fingerprint density at radius 2 is 1.81 bits per heavy atom. The molecule has 3 aromatic rings. The molecule has 0 amide bonds. The van der Waals surface area contributed by atoms with Gasteiger partial charge < -0.3 is 0 Å². The van der Waals surface area contributed by atoms with Crippen LogP contribution in [0.3, 0.4) is 0 Å². The van der Waals surface area contributed by atoms with Gasteiger partial charge in [-0.25, -0.2) is 18.2 Å². The second-order valence-electron chi connectivity index (χ2n) is 5.37. The molecule has 0 aliphatic carbocycles. The largest absolute Gasteiger partial charge is 0.274 e. The first-order chi connectivity index (χ1) is 12.4. The quantitative estimate of drug-likeness (QED) is 0.658. The lowest BCUT2D eigenvalue weighted by Gasteiger charge is -2.25. The number of anilines is 1. The zero-order chi connectivity index (χ0) is 18.7. The standard InChI is InChI=1S/C16H13BrN6O2S/c17-15-7-13(3-6-16(15)26(19,24)25)9-23(22-10-20-21-11-22)14-4-1-12(8-18)2-5-14/h1-7,10-11H,9H2,(H2,19,24,25). The molecule has 1 heterocycles. The molecule has 2 N–H and O–H groups in total. The smallest absolute Gasteiger partial charge is 0.239 e. The molecule has 1 aromatic heterocycles. The molecule has 132 valence electrons. The van der Waals surface area contributed by atoms with Crippen LogP contribution in [0.4, 0.5) is 5.69 Å². The summed E-state index contributed by atoms with van der Waals surface area (Å²) in [5.41, 5.74) is 2.20. The molecule has 0 aliphatic heterocycles. The van der Waals surface area contributed by atoms with Gasteiger partial charge >= 0.3 is 0 Å². The number of primary sulfonamides is 1. The van der Waals surface area contributed by atoms with Crippen LogP contribution in [0, 0.1) is 11.3 Å². The Balaban J connectivity index is 1.96. The number of aromatic nitrogens is 3. The van der Waals surface area contributed by atoms with E-state index in [9.17, 15) is 8.42 Å². The van der Waals surface area contributed by atoms with Crippen molar-refractivity contribution < 1.29 is 8.42 Å². The Hall–Kier alpha value is -2.74. The number of halogens is 1. The number of nitrogens with two attached hydrogens (primary N) is 1. The van der Waals surface area contributed by atoms with Gasteiger partial charge in [0.1, 0.15) is 12.7 Å². The summed E-state index contributed by atoms with van der Waals surface area (Å²) in [6, 6.07) is 14.0. The van der Waals surface area contributed by atoms with Crippen LogP contribution < -0.4 is 10.1 Å². The summed E-state index contributed by atoms with van der Waals surface area (Å²) in [6.07, 6.45) is 3.10. The summed E-state index contributed by atoms with van der Waals surface area (Å²) in [5, 5.41) is 23.7. The van der Waals surface area contributed by atoms with Crippen molar-refractivity contribution in [3.63, 3.8) is 0 Å². The summed E-state index contributed by atoms with van der Waals surface area (Å²) in [5.74, 6) is 0. The van der Waals surface area contributed by atoms with E-state index in [1.807, 2.05) is 17.1 Å². The Morgan fingerprint density at radius 1 is 1.15 bits per heavy atom. The van der Waals surface area contributed by atoms with Crippen LogP contribution in [0.1, 0.15) is 11.1 Å². The van der Waals surface area contributed by atoms with Gasteiger partial charge in [-0.15, -0.1) is 10.2 Å². The maximum absolute atomic E-state index is 11.5. The maximum atomic E-state index is 11.5. The zero-order valence-corrected chi connectivity index (χ0v) is 15.7. The Labute approximate surface area is 158 Å². The lowest BCUT2D eigenvalue weighted by atomic mass is 10.2. The minimum absolute atomic E-state index is 0.0236. The molecule has 0 spiro atoms. The Morgan fingerprint density at radius 3 is 2.35 bits per heavy atom. The van der Waals surface area contributed by atoms with Crippen molar-refractivity contribution >= 4 is 31.6 Å². The third-order valence-corrected chi connectivity index (χ3v) is 5.50. The van der Waals surface area contributed by atoms with E-state index in [4.69, 9.17) is 10.4 Å². The van der Waals surface area contributed by atoms with Crippen molar-refractivity contribution in [3.8, 4) is 6.07 Å².